The first-order valence-corrected chi connectivity index (χ1v) is 5.40. The highest BCUT2D eigenvalue weighted by atomic mass is 16.7. The monoisotopic (exact) mass is 223 g/mol. The van der Waals surface area contributed by atoms with Crippen LogP contribution in [0, 0.1) is 0 Å². The van der Waals surface area contributed by atoms with E-state index in [0.717, 1.165) is 24.5 Å². The van der Waals surface area contributed by atoms with Gasteiger partial charge < -0.3 is 19.5 Å². The molecule has 1 aromatic carbocycles. The quantitative estimate of drug-likeness (QED) is 0.817. The molecule has 16 heavy (non-hydrogen) atoms. The first kappa shape index (κ1) is 11.2. The standard InChI is InChI=1S/C12H17NO3/c1-13-4-3-9-5-11-12(16-8-15-11)6-10(9)7-14-2/h5-6,13H,3-4,7-8H2,1-2H3. The average Bonchev–Trinajstić information content (AvgIpc) is 2.73. The molecule has 0 spiro atoms. The van der Waals surface area contributed by atoms with Gasteiger partial charge in [-0.05, 0) is 43.3 Å². The second-order valence-electron chi connectivity index (χ2n) is 3.76. The molecule has 0 atom stereocenters. The Morgan fingerprint density at radius 2 is 1.94 bits per heavy atom. The molecule has 4 nitrogen and oxygen atoms in total. The van der Waals surface area contributed by atoms with Crippen molar-refractivity contribution < 1.29 is 14.2 Å². The van der Waals surface area contributed by atoms with Crippen molar-refractivity contribution in [2.45, 2.75) is 13.0 Å². The van der Waals surface area contributed by atoms with Gasteiger partial charge in [-0.25, -0.2) is 0 Å². The van der Waals surface area contributed by atoms with Crippen LogP contribution in [0.15, 0.2) is 12.1 Å². The summed E-state index contributed by atoms with van der Waals surface area (Å²) in [5.41, 5.74) is 2.42. The van der Waals surface area contributed by atoms with Gasteiger partial charge in [0.2, 0.25) is 6.79 Å². The number of hydrogen-bond acceptors (Lipinski definition) is 4. The molecule has 0 aromatic heterocycles. The molecule has 1 aliphatic rings. The minimum atomic E-state index is 0.317. The van der Waals surface area contributed by atoms with Crippen LogP contribution < -0.4 is 14.8 Å². The van der Waals surface area contributed by atoms with Crippen LogP contribution in [-0.2, 0) is 17.8 Å². The lowest BCUT2D eigenvalue weighted by Crippen LogP contribution is -2.11. The maximum absolute atomic E-state index is 5.37. The van der Waals surface area contributed by atoms with Gasteiger partial charge >= 0.3 is 0 Å². The molecule has 88 valence electrons. The minimum absolute atomic E-state index is 0.317. The molecule has 1 aliphatic heterocycles. The van der Waals surface area contributed by atoms with Gasteiger partial charge in [-0.1, -0.05) is 0 Å². The summed E-state index contributed by atoms with van der Waals surface area (Å²) in [4.78, 5) is 0. The van der Waals surface area contributed by atoms with Crippen LogP contribution in [0.2, 0.25) is 0 Å². The number of fused-ring (bicyclic) bond motifs is 1. The summed E-state index contributed by atoms with van der Waals surface area (Å²) in [5.74, 6) is 1.66. The highest BCUT2D eigenvalue weighted by Gasteiger charge is 2.16. The Morgan fingerprint density at radius 3 is 2.56 bits per heavy atom. The van der Waals surface area contributed by atoms with Crippen molar-refractivity contribution in [2.75, 3.05) is 27.5 Å². The Labute approximate surface area is 95.5 Å². The normalized spacial score (nSPS) is 13.1. The number of benzene rings is 1. The van der Waals surface area contributed by atoms with E-state index in [1.165, 1.54) is 11.1 Å². The zero-order valence-electron chi connectivity index (χ0n) is 9.71. The summed E-state index contributed by atoms with van der Waals surface area (Å²) in [6.07, 6.45) is 0.964. The molecule has 1 heterocycles. The smallest absolute Gasteiger partial charge is 0.231 e. The van der Waals surface area contributed by atoms with Gasteiger partial charge in [0.15, 0.2) is 11.5 Å². The summed E-state index contributed by atoms with van der Waals surface area (Å²) >= 11 is 0. The van der Waals surface area contributed by atoms with Gasteiger partial charge in [-0.15, -0.1) is 0 Å². The van der Waals surface area contributed by atoms with E-state index in [4.69, 9.17) is 14.2 Å². The van der Waals surface area contributed by atoms with Gasteiger partial charge in [-0.3, -0.25) is 0 Å². The van der Waals surface area contributed by atoms with Crippen LogP contribution >= 0.6 is 0 Å². The van der Waals surface area contributed by atoms with E-state index >= 15 is 0 Å². The molecule has 0 saturated carbocycles. The molecule has 1 aromatic rings. The number of hydrogen-bond donors (Lipinski definition) is 1. The number of ether oxygens (including phenoxy) is 3. The zero-order valence-corrected chi connectivity index (χ0v) is 9.71. The number of methoxy groups -OCH3 is 1. The molecule has 2 rings (SSSR count). The predicted octanol–water partition coefficient (Wildman–Crippen LogP) is 1.32. The molecule has 0 radical (unpaired) electrons. The van der Waals surface area contributed by atoms with Crippen molar-refractivity contribution in [3.8, 4) is 11.5 Å². The topological polar surface area (TPSA) is 39.7 Å². The van der Waals surface area contributed by atoms with Gasteiger partial charge in [0.05, 0.1) is 6.61 Å². The Morgan fingerprint density at radius 1 is 1.25 bits per heavy atom. The van der Waals surface area contributed by atoms with Crippen LogP contribution in [0.5, 0.6) is 11.5 Å². The summed E-state index contributed by atoms with van der Waals surface area (Å²) < 4.78 is 15.9. The third kappa shape index (κ3) is 2.28. The van der Waals surface area contributed by atoms with E-state index in [9.17, 15) is 0 Å². The Hall–Kier alpha value is -1.26. The predicted molar refractivity (Wildman–Crippen MR) is 60.9 cm³/mol. The van der Waals surface area contributed by atoms with Gasteiger partial charge in [0.1, 0.15) is 0 Å². The number of likely N-dealkylation sites (N-methyl/N-ethyl adjacent to an activating group) is 1. The lowest BCUT2D eigenvalue weighted by atomic mass is 10.0. The molecule has 0 unspecified atom stereocenters. The molecule has 4 heteroatoms. The molecule has 0 fully saturated rings. The molecule has 0 saturated heterocycles. The first-order valence-electron chi connectivity index (χ1n) is 5.40. The van der Waals surface area contributed by atoms with Crippen LogP contribution in [-0.4, -0.2) is 27.5 Å². The SMILES string of the molecule is CNCCc1cc2c(cc1COC)OCO2. The Kier molecular flexibility index (Phi) is 3.64. The third-order valence-corrected chi connectivity index (χ3v) is 2.64. The lowest BCUT2D eigenvalue weighted by molar-refractivity contribution is 0.173. The van der Waals surface area contributed by atoms with Crippen LogP contribution in [0.25, 0.3) is 0 Å². The molecule has 1 N–H and O–H groups in total. The van der Waals surface area contributed by atoms with Crippen LogP contribution in [0.1, 0.15) is 11.1 Å². The van der Waals surface area contributed by atoms with E-state index in [1.807, 2.05) is 19.2 Å². The van der Waals surface area contributed by atoms with Gasteiger partial charge in [-0.2, -0.15) is 0 Å². The highest BCUT2D eigenvalue weighted by molar-refractivity contribution is 5.48. The van der Waals surface area contributed by atoms with Gasteiger partial charge in [0.25, 0.3) is 0 Å². The minimum Gasteiger partial charge on any atom is -0.454 e. The van der Waals surface area contributed by atoms with E-state index in [0.29, 0.717) is 13.4 Å². The van der Waals surface area contributed by atoms with E-state index in [1.54, 1.807) is 7.11 Å². The zero-order chi connectivity index (χ0) is 11.4. The maximum atomic E-state index is 5.37. The Balaban J connectivity index is 2.25. The number of rotatable bonds is 5. The molecular formula is C12H17NO3. The maximum Gasteiger partial charge on any atom is 0.231 e. The molecule has 0 aliphatic carbocycles. The largest absolute Gasteiger partial charge is 0.454 e. The second kappa shape index (κ2) is 5.18. The third-order valence-electron chi connectivity index (χ3n) is 2.64. The fourth-order valence-electron chi connectivity index (χ4n) is 1.81. The van der Waals surface area contributed by atoms with Crippen molar-refractivity contribution in [1.82, 2.24) is 5.32 Å². The van der Waals surface area contributed by atoms with Gasteiger partial charge in [0, 0.05) is 7.11 Å². The summed E-state index contributed by atoms with van der Waals surface area (Å²) in [6.45, 7) is 1.86. The van der Waals surface area contributed by atoms with Crippen molar-refractivity contribution in [3.05, 3.63) is 23.3 Å². The van der Waals surface area contributed by atoms with E-state index in [2.05, 4.69) is 5.32 Å². The number of nitrogens with one attached hydrogen (secondary N) is 1. The Bertz CT molecular complexity index is 366. The lowest BCUT2D eigenvalue weighted by Gasteiger charge is -2.10. The first-order chi connectivity index (χ1) is 7.85. The second-order valence-corrected chi connectivity index (χ2v) is 3.76. The highest BCUT2D eigenvalue weighted by Crippen LogP contribution is 2.35. The van der Waals surface area contributed by atoms with Crippen molar-refractivity contribution >= 4 is 0 Å². The summed E-state index contributed by atoms with van der Waals surface area (Å²) in [5, 5.41) is 3.14. The fraction of sp³-hybridized carbons (Fsp3) is 0.500. The van der Waals surface area contributed by atoms with E-state index < -0.39 is 0 Å². The molecular weight excluding hydrogens is 206 g/mol. The average molecular weight is 223 g/mol. The van der Waals surface area contributed by atoms with Crippen LogP contribution in [0.4, 0.5) is 0 Å². The van der Waals surface area contributed by atoms with Crippen molar-refractivity contribution in [3.63, 3.8) is 0 Å². The molecule has 0 amide bonds. The fourth-order valence-corrected chi connectivity index (χ4v) is 1.81. The summed E-state index contributed by atoms with van der Waals surface area (Å²) in [6, 6.07) is 4.06. The van der Waals surface area contributed by atoms with E-state index in [-0.39, 0.29) is 0 Å². The van der Waals surface area contributed by atoms with Crippen molar-refractivity contribution in [2.24, 2.45) is 0 Å². The van der Waals surface area contributed by atoms with Crippen molar-refractivity contribution in [1.29, 1.82) is 0 Å². The van der Waals surface area contributed by atoms with Crippen LogP contribution in [0.3, 0.4) is 0 Å². The summed E-state index contributed by atoms with van der Waals surface area (Å²) in [7, 11) is 3.65. The molecule has 0 bridgehead atoms.